The number of nitrogens with two attached hydrogens (primary N) is 1. The van der Waals surface area contributed by atoms with Gasteiger partial charge in [0.25, 0.3) is 0 Å². The maximum atomic E-state index is 11.9. The number of benzene rings is 1. The zero-order valence-corrected chi connectivity index (χ0v) is 16.1. The lowest BCUT2D eigenvalue weighted by Crippen LogP contribution is -2.49. The first-order valence-corrected chi connectivity index (χ1v) is 10.2. The minimum atomic E-state index is -0.300. The van der Waals surface area contributed by atoms with Crippen molar-refractivity contribution in [1.82, 2.24) is 9.80 Å². The molecule has 1 aliphatic carbocycles. The molecule has 1 saturated carbocycles. The molecule has 0 spiro atoms. The quantitative estimate of drug-likeness (QED) is 0.847. The van der Waals surface area contributed by atoms with Crippen molar-refractivity contribution in [3.8, 4) is 5.75 Å². The lowest BCUT2D eigenvalue weighted by atomic mass is 9.71. The SMILES string of the molecule is CCN1CCN(Cc2ccc3c(c2)C(=N)C2C(CCCC2C(N)=O)O3)CC1. The maximum absolute atomic E-state index is 11.9. The molecule has 146 valence electrons. The smallest absolute Gasteiger partial charge is 0.221 e. The Kier molecular flexibility index (Phi) is 5.19. The van der Waals surface area contributed by atoms with Gasteiger partial charge in [0.2, 0.25) is 5.91 Å². The Morgan fingerprint density at radius 1 is 1.22 bits per heavy atom. The lowest BCUT2D eigenvalue weighted by Gasteiger charge is -2.41. The predicted molar refractivity (Wildman–Crippen MR) is 105 cm³/mol. The van der Waals surface area contributed by atoms with Gasteiger partial charge in [-0.1, -0.05) is 13.0 Å². The summed E-state index contributed by atoms with van der Waals surface area (Å²) in [5.41, 5.74) is 8.21. The van der Waals surface area contributed by atoms with Gasteiger partial charge in [-0.15, -0.1) is 0 Å². The molecule has 3 atom stereocenters. The van der Waals surface area contributed by atoms with Crippen molar-refractivity contribution in [1.29, 1.82) is 5.41 Å². The minimum Gasteiger partial charge on any atom is -0.489 e. The molecule has 0 bridgehead atoms. The van der Waals surface area contributed by atoms with E-state index < -0.39 is 0 Å². The molecule has 4 rings (SSSR count). The van der Waals surface area contributed by atoms with Gasteiger partial charge < -0.3 is 20.8 Å². The van der Waals surface area contributed by atoms with Crippen molar-refractivity contribution in [3.63, 3.8) is 0 Å². The predicted octanol–water partition coefficient (Wildman–Crippen LogP) is 1.85. The van der Waals surface area contributed by atoms with Crippen LogP contribution >= 0.6 is 0 Å². The van der Waals surface area contributed by atoms with Gasteiger partial charge in [0.05, 0.1) is 0 Å². The van der Waals surface area contributed by atoms with Crippen molar-refractivity contribution in [3.05, 3.63) is 29.3 Å². The average Bonchev–Trinajstić information content (AvgIpc) is 2.68. The van der Waals surface area contributed by atoms with E-state index in [1.165, 1.54) is 5.56 Å². The van der Waals surface area contributed by atoms with E-state index in [0.29, 0.717) is 5.71 Å². The van der Waals surface area contributed by atoms with Crippen LogP contribution in [-0.4, -0.2) is 60.2 Å². The molecule has 1 aromatic carbocycles. The van der Waals surface area contributed by atoms with Crippen LogP contribution in [0, 0.1) is 17.2 Å². The van der Waals surface area contributed by atoms with Crippen LogP contribution in [-0.2, 0) is 11.3 Å². The molecule has 6 nitrogen and oxygen atoms in total. The molecule has 3 unspecified atom stereocenters. The summed E-state index contributed by atoms with van der Waals surface area (Å²) in [6.45, 7) is 8.61. The van der Waals surface area contributed by atoms with Crippen LogP contribution in [0.2, 0.25) is 0 Å². The molecule has 27 heavy (non-hydrogen) atoms. The second kappa shape index (κ2) is 7.60. The third kappa shape index (κ3) is 3.60. The van der Waals surface area contributed by atoms with Gasteiger partial charge >= 0.3 is 0 Å². The van der Waals surface area contributed by atoms with Crippen LogP contribution in [0.15, 0.2) is 18.2 Å². The highest BCUT2D eigenvalue weighted by atomic mass is 16.5. The van der Waals surface area contributed by atoms with Crippen molar-refractivity contribution in [2.24, 2.45) is 17.6 Å². The number of primary amides is 1. The van der Waals surface area contributed by atoms with E-state index in [2.05, 4.69) is 28.9 Å². The standard InChI is InChI=1S/C21H30N4O2/c1-2-24-8-10-25(11-9-24)13-14-6-7-17-16(12-14)20(22)19-15(21(23)26)4-3-5-18(19)27-17/h6-7,12,15,18-19,22H,2-5,8-11,13H2,1H3,(H2,23,26). The Bertz CT molecular complexity index is 727. The van der Waals surface area contributed by atoms with Gasteiger partial charge in [-0.2, -0.15) is 0 Å². The van der Waals surface area contributed by atoms with Gasteiger partial charge in [0.1, 0.15) is 11.9 Å². The van der Waals surface area contributed by atoms with Crippen LogP contribution in [0.4, 0.5) is 0 Å². The number of ether oxygens (including phenoxy) is 1. The van der Waals surface area contributed by atoms with Gasteiger partial charge in [0.15, 0.2) is 0 Å². The molecular formula is C21H30N4O2. The van der Waals surface area contributed by atoms with Gasteiger partial charge in [-0.25, -0.2) is 0 Å². The monoisotopic (exact) mass is 370 g/mol. The molecule has 6 heteroatoms. The second-order valence-electron chi connectivity index (χ2n) is 8.08. The first-order valence-electron chi connectivity index (χ1n) is 10.2. The summed E-state index contributed by atoms with van der Waals surface area (Å²) in [6, 6.07) is 6.21. The third-order valence-corrected chi connectivity index (χ3v) is 6.47. The zero-order valence-electron chi connectivity index (χ0n) is 16.1. The summed E-state index contributed by atoms with van der Waals surface area (Å²) in [5.74, 6) is -0.000325. The number of amides is 1. The summed E-state index contributed by atoms with van der Waals surface area (Å²) in [7, 11) is 0. The fourth-order valence-corrected chi connectivity index (χ4v) is 4.85. The van der Waals surface area contributed by atoms with Gasteiger partial charge in [0, 0.05) is 55.8 Å². The Labute approximate surface area is 161 Å². The fourth-order valence-electron chi connectivity index (χ4n) is 4.85. The number of fused-ring (bicyclic) bond motifs is 2. The normalized spacial score (nSPS) is 28.9. The maximum Gasteiger partial charge on any atom is 0.221 e. The summed E-state index contributed by atoms with van der Waals surface area (Å²) in [4.78, 5) is 16.8. The van der Waals surface area contributed by atoms with E-state index >= 15 is 0 Å². The Morgan fingerprint density at radius 2 is 1.96 bits per heavy atom. The van der Waals surface area contributed by atoms with Crippen molar-refractivity contribution < 1.29 is 9.53 Å². The summed E-state index contributed by atoms with van der Waals surface area (Å²) in [6.07, 6.45) is 2.49. The van der Waals surface area contributed by atoms with E-state index in [0.717, 1.165) is 69.8 Å². The number of piperazine rings is 1. The largest absolute Gasteiger partial charge is 0.489 e. The molecule has 3 N–H and O–H groups in total. The van der Waals surface area contributed by atoms with Gasteiger partial charge in [-0.3, -0.25) is 9.69 Å². The highest BCUT2D eigenvalue weighted by Crippen LogP contribution is 2.41. The topological polar surface area (TPSA) is 82.7 Å². The average molecular weight is 370 g/mol. The van der Waals surface area contributed by atoms with Crippen LogP contribution in [0.25, 0.3) is 0 Å². The minimum absolute atomic E-state index is 0.0933. The zero-order chi connectivity index (χ0) is 19.0. The number of carbonyl (C=O) groups excluding carboxylic acids is 1. The van der Waals surface area contributed by atoms with Crippen LogP contribution in [0.3, 0.4) is 0 Å². The summed E-state index contributed by atoms with van der Waals surface area (Å²) < 4.78 is 6.19. The van der Waals surface area contributed by atoms with Crippen molar-refractivity contribution in [2.75, 3.05) is 32.7 Å². The molecule has 2 fully saturated rings. The molecule has 2 heterocycles. The highest BCUT2D eigenvalue weighted by Gasteiger charge is 2.44. The highest BCUT2D eigenvalue weighted by molar-refractivity contribution is 6.05. The number of carbonyl (C=O) groups is 1. The number of likely N-dealkylation sites (N-methyl/N-ethyl adjacent to an activating group) is 1. The van der Waals surface area contributed by atoms with E-state index in [9.17, 15) is 4.79 Å². The number of nitrogens with one attached hydrogen (secondary N) is 1. The third-order valence-electron chi connectivity index (χ3n) is 6.47. The van der Waals surface area contributed by atoms with Crippen LogP contribution < -0.4 is 10.5 Å². The second-order valence-corrected chi connectivity index (χ2v) is 8.08. The summed E-state index contributed by atoms with van der Waals surface area (Å²) >= 11 is 0. The summed E-state index contributed by atoms with van der Waals surface area (Å²) in [5, 5.41) is 8.78. The number of nitrogens with zero attached hydrogens (tertiary/aromatic N) is 2. The molecule has 0 aromatic heterocycles. The Hall–Kier alpha value is -1.92. The van der Waals surface area contributed by atoms with Crippen LogP contribution in [0.5, 0.6) is 5.75 Å². The molecule has 2 aliphatic heterocycles. The number of rotatable bonds is 4. The number of hydrogen-bond donors (Lipinski definition) is 2. The first kappa shape index (κ1) is 18.4. The Morgan fingerprint density at radius 3 is 2.67 bits per heavy atom. The lowest BCUT2D eigenvalue weighted by molar-refractivity contribution is -0.125. The van der Waals surface area contributed by atoms with E-state index in [1.807, 2.05) is 6.07 Å². The van der Waals surface area contributed by atoms with Crippen LogP contribution in [0.1, 0.15) is 37.3 Å². The van der Waals surface area contributed by atoms with Crippen molar-refractivity contribution in [2.45, 2.75) is 38.8 Å². The number of hydrogen-bond acceptors (Lipinski definition) is 5. The van der Waals surface area contributed by atoms with E-state index in [1.54, 1.807) is 0 Å². The van der Waals surface area contributed by atoms with E-state index in [4.69, 9.17) is 15.9 Å². The molecule has 1 saturated heterocycles. The first-order chi connectivity index (χ1) is 13.1. The molecule has 3 aliphatic rings. The molecule has 0 radical (unpaired) electrons. The van der Waals surface area contributed by atoms with Gasteiger partial charge in [-0.05, 0) is 43.5 Å². The molecule has 1 aromatic rings. The molecular weight excluding hydrogens is 340 g/mol. The van der Waals surface area contributed by atoms with Crippen molar-refractivity contribution >= 4 is 11.6 Å². The molecule has 1 amide bonds. The Balaban J connectivity index is 1.52. The fraction of sp³-hybridized carbons (Fsp3) is 0.619. The van der Waals surface area contributed by atoms with E-state index in [-0.39, 0.29) is 23.8 Å².